The van der Waals surface area contributed by atoms with E-state index >= 15 is 0 Å². The van der Waals surface area contributed by atoms with Crippen LogP contribution in [0.15, 0.2) is 17.0 Å². The van der Waals surface area contributed by atoms with Gasteiger partial charge in [0.25, 0.3) is 0 Å². The Balaban J connectivity index is 2.99. The molecule has 5 nitrogen and oxygen atoms in total. The molecule has 0 heterocycles. The Bertz CT molecular complexity index is 602. The predicted octanol–water partition coefficient (Wildman–Crippen LogP) is 1.96. The van der Waals surface area contributed by atoms with Gasteiger partial charge in [-0.3, -0.25) is 0 Å². The number of nitrogens with two attached hydrogens (primary N) is 1. The number of sulfonamides is 1. The second-order valence-electron chi connectivity index (χ2n) is 4.15. The number of halogens is 2. The number of esters is 1. The number of rotatable bonds is 6. The number of primary sulfonamides is 1. The lowest BCUT2D eigenvalue weighted by Crippen LogP contribution is -2.16. The number of benzene rings is 1. The molecule has 0 aromatic heterocycles. The summed E-state index contributed by atoms with van der Waals surface area (Å²) in [5.74, 6) is -4.06. The van der Waals surface area contributed by atoms with Crippen LogP contribution in [-0.2, 0) is 14.8 Å². The minimum Gasteiger partial charge on any atom is -0.462 e. The topological polar surface area (TPSA) is 86.5 Å². The molecule has 0 unspecified atom stereocenters. The first kappa shape index (κ1) is 16.5. The molecule has 0 amide bonds. The third-order valence-corrected chi connectivity index (χ3v) is 3.42. The first-order valence-electron chi connectivity index (χ1n) is 5.96. The Morgan fingerprint density at radius 1 is 1.30 bits per heavy atom. The van der Waals surface area contributed by atoms with Crippen molar-refractivity contribution in [1.82, 2.24) is 0 Å². The van der Waals surface area contributed by atoms with Gasteiger partial charge in [0, 0.05) is 0 Å². The Hall–Kier alpha value is -1.54. The van der Waals surface area contributed by atoms with Gasteiger partial charge >= 0.3 is 5.97 Å². The van der Waals surface area contributed by atoms with E-state index in [4.69, 9.17) is 9.88 Å². The first-order valence-corrected chi connectivity index (χ1v) is 7.51. The van der Waals surface area contributed by atoms with Gasteiger partial charge in [-0.1, -0.05) is 19.8 Å². The molecule has 0 spiro atoms. The summed E-state index contributed by atoms with van der Waals surface area (Å²) in [7, 11) is -4.24. The van der Waals surface area contributed by atoms with Gasteiger partial charge in [0.05, 0.1) is 17.1 Å². The van der Waals surface area contributed by atoms with E-state index in [1.807, 2.05) is 6.92 Å². The van der Waals surface area contributed by atoms with Crippen LogP contribution >= 0.6 is 0 Å². The number of carbonyl (C=O) groups is 1. The molecule has 112 valence electrons. The molecule has 0 aliphatic rings. The summed E-state index contributed by atoms with van der Waals surface area (Å²) < 4.78 is 53.7. The zero-order valence-electron chi connectivity index (χ0n) is 10.9. The van der Waals surface area contributed by atoms with Crippen LogP contribution in [0.25, 0.3) is 0 Å². The molecule has 1 aromatic rings. The van der Waals surface area contributed by atoms with Crippen molar-refractivity contribution in [3.05, 3.63) is 29.3 Å². The highest BCUT2D eigenvalue weighted by atomic mass is 32.2. The maximum absolute atomic E-state index is 13.5. The van der Waals surface area contributed by atoms with Gasteiger partial charge in [0.2, 0.25) is 10.0 Å². The van der Waals surface area contributed by atoms with Crippen LogP contribution in [0.1, 0.15) is 36.5 Å². The molecule has 0 aliphatic heterocycles. The van der Waals surface area contributed by atoms with Crippen molar-refractivity contribution >= 4 is 16.0 Å². The molecular formula is C12H15F2NO4S. The van der Waals surface area contributed by atoms with E-state index in [-0.39, 0.29) is 6.61 Å². The van der Waals surface area contributed by atoms with Crippen LogP contribution in [-0.4, -0.2) is 21.0 Å². The van der Waals surface area contributed by atoms with Gasteiger partial charge in [-0.05, 0) is 18.6 Å². The van der Waals surface area contributed by atoms with E-state index in [0.717, 1.165) is 12.8 Å². The lowest BCUT2D eigenvalue weighted by atomic mass is 10.2. The fourth-order valence-electron chi connectivity index (χ4n) is 1.47. The summed E-state index contributed by atoms with van der Waals surface area (Å²) in [5, 5.41) is 4.82. The normalized spacial score (nSPS) is 11.4. The Kier molecular flexibility index (Phi) is 5.58. The van der Waals surface area contributed by atoms with Gasteiger partial charge in [-0.25, -0.2) is 27.1 Å². The molecule has 8 heteroatoms. The van der Waals surface area contributed by atoms with Gasteiger partial charge in [-0.15, -0.1) is 0 Å². The molecule has 0 saturated heterocycles. The van der Waals surface area contributed by atoms with Crippen molar-refractivity contribution < 1.29 is 26.7 Å². The largest absolute Gasteiger partial charge is 0.462 e. The van der Waals surface area contributed by atoms with Crippen molar-refractivity contribution in [3.8, 4) is 0 Å². The third-order valence-electron chi connectivity index (χ3n) is 2.53. The quantitative estimate of drug-likeness (QED) is 0.643. The van der Waals surface area contributed by atoms with Crippen molar-refractivity contribution in [2.24, 2.45) is 5.14 Å². The number of unbranched alkanes of at least 4 members (excludes halogenated alkanes) is 2. The molecule has 1 aromatic carbocycles. The highest BCUT2D eigenvalue weighted by molar-refractivity contribution is 7.89. The molecule has 1 rings (SSSR count). The second-order valence-corrected chi connectivity index (χ2v) is 5.72. The van der Waals surface area contributed by atoms with E-state index < -0.39 is 38.1 Å². The highest BCUT2D eigenvalue weighted by Crippen LogP contribution is 2.19. The monoisotopic (exact) mass is 307 g/mol. The number of ether oxygens (including phenoxy) is 1. The van der Waals surface area contributed by atoms with E-state index in [9.17, 15) is 22.0 Å². The van der Waals surface area contributed by atoms with Crippen LogP contribution in [0.2, 0.25) is 0 Å². The summed E-state index contributed by atoms with van der Waals surface area (Å²) in [4.78, 5) is 10.9. The maximum Gasteiger partial charge on any atom is 0.341 e. The molecular weight excluding hydrogens is 292 g/mol. The molecule has 0 saturated carbocycles. The van der Waals surface area contributed by atoms with Crippen molar-refractivity contribution in [1.29, 1.82) is 0 Å². The molecule has 0 atom stereocenters. The lowest BCUT2D eigenvalue weighted by Gasteiger charge is -2.07. The number of hydrogen-bond acceptors (Lipinski definition) is 4. The minimum atomic E-state index is -4.24. The van der Waals surface area contributed by atoms with E-state index in [1.165, 1.54) is 0 Å². The highest BCUT2D eigenvalue weighted by Gasteiger charge is 2.22. The van der Waals surface area contributed by atoms with Gasteiger partial charge in [-0.2, -0.15) is 0 Å². The summed E-state index contributed by atoms with van der Waals surface area (Å²) >= 11 is 0. The zero-order valence-corrected chi connectivity index (χ0v) is 11.7. The maximum atomic E-state index is 13.5. The number of carbonyl (C=O) groups excluding carboxylic acids is 1. The Morgan fingerprint density at radius 3 is 2.50 bits per heavy atom. The van der Waals surface area contributed by atoms with Crippen LogP contribution in [0.3, 0.4) is 0 Å². The fraction of sp³-hybridized carbons (Fsp3) is 0.417. The fourth-order valence-corrected chi connectivity index (χ4v) is 2.02. The molecule has 0 aliphatic carbocycles. The molecule has 20 heavy (non-hydrogen) atoms. The van der Waals surface area contributed by atoms with Crippen LogP contribution in [0, 0.1) is 11.6 Å². The van der Waals surface area contributed by atoms with Crippen molar-refractivity contribution in [2.45, 2.75) is 31.1 Å². The van der Waals surface area contributed by atoms with E-state index in [2.05, 4.69) is 0 Å². The van der Waals surface area contributed by atoms with Crippen LogP contribution in [0.5, 0.6) is 0 Å². The molecule has 0 radical (unpaired) electrons. The average Bonchev–Trinajstić information content (AvgIpc) is 2.36. The summed E-state index contributed by atoms with van der Waals surface area (Å²) in [5.41, 5.74) is -0.787. The van der Waals surface area contributed by atoms with E-state index in [1.54, 1.807) is 0 Å². The van der Waals surface area contributed by atoms with Crippen LogP contribution in [0.4, 0.5) is 8.78 Å². The molecule has 2 N–H and O–H groups in total. The average molecular weight is 307 g/mol. The summed E-state index contributed by atoms with van der Waals surface area (Å²) in [6.45, 7) is 2.00. The van der Waals surface area contributed by atoms with Gasteiger partial charge in [0.1, 0.15) is 0 Å². The minimum absolute atomic E-state index is 0.0489. The SMILES string of the molecule is CCCCCOC(=O)c1cc(S(N)(=O)=O)cc(F)c1F. The van der Waals surface area contributed by atoms with Crippen molar-refractivity contribution in [3.63, 3.8) is 0 Å². The van der Waals surface area contributed by atoms with Crippen LogP contribution < -0.4 is 5.14 Å². The zero-order chi connectivity index (χ0) is 15.3. The van der Waals surface area contributed by atoms with Crippen molar-refractivity contribution in [2.75, 3.05) is 6.61 Å². The Morgan fingerprint density at radius 2 is 1.95 bits per heavy atom. The molecule has 0 fully saturated rings. The lowest BCUT2D eigenvalue weighted by molar-refractivity contribution is 0.0491. The Labute approximate surface area is 115 Å². The standard InChI is InChI=1S/C12H15F2NO4S/c1-2-3-4-5-19-12(16)9-6-8(20(15,17)18)7-10(13)11(9)14/h6-7H,2-5H2,1H3,(H2,15,17,18). The second kappa shape index (κ2) is 6.76. The number of hydrogen-bond donors (Lipinski definition) is 1. The van der Waals surface area contributed by atoms with E-state index in [0.29, 0.717) is 18.6 Å². The molecule has 0 bridgehead atoms. The summed E-state index contributed by atoms with van der Waals surface area (Å²) in [6.07, 6.45) is 2.31. The predicted molar refractivity (Wildman–Crippen MR) is 67.5 cm³/mol. The first-order chi connectivity index (χ1) is 9.27. The smallest absolute Gasteiger partial charge is 0.341 e. The summed E-state index contributed by atoms with van der Waals surface area (Å²) in [6, 6.07) is 1.08. The van der Waals surface area contributed by atoms with Gasteiger partial charge in [0.15, 0.2) is 11.6 Å². The van der Waals surface area contributed by atoms with Gasteiger partial charge < -0.3 is 4.74 Å². The third kappa shape index (κ3) is 4.24.